The fraction of sp³-hybridized carbons (Fsp3) is 0.351. The molecule has 0 unspecified atom stereocenters. The molecule has 4 saturated carbocycles. The second-order valence-electron chi connectivity index (χ2n) is 25.3. The molecule has 4 aromatic carbocycles. The number of carbonyl (C=O) groups excluding carboxylic acids is 1. The summed E-state index contributed by atoms with van der Waals surface area (Å²) in [6.45, 7) is 10.5. The molecule has 0 spiro atoms. The van der Waals surface area contributed by atoms with Crippen molar-refractivity contribution < 1.29 is 71.7 Å². The predicted molar refractivity (Wildman–Crippen MR) is 388 cm³/mol. The summed E-state index contributed by atoms with van der Waals surface area (Å²) in [7, 11) is 0. The predicted octanol–water partition coefficient (Wildman–Crippen LogP) is 13.5. The van der Waals surface area contributed by atoms with E-state index in [0.717, 1.165) is 122 Å². The zero-order valence-corrected chi connectivity index (χ0v) is 60.2. The molecule has 6 heterocycles. The number of nitrogens with one attached hydrogen (secondary N) is 1. The number of Topliss-reactive ketones (excluding diaryl/α,β-unsaturated/α-hetero) is 1. The summed E-state index contributed by atoms with van der Waals surface area (Å²) in [4.78, 5) is 68.5. The Hall–Kier alpha value is -9.70. The second kappa shape index (κ2) is 40.1. The van der Waals surface area contributed by atoms with Crippen molar-refractivity contribution in [2.24, 2.45) is 0 Å². The number of hydrogen-bond acceptors (Lipinski definition) is 14. The summed E-state index contributed by atoms with van der Waals surface area (Å²) in [5, 5.41) is 27.9. The van der Waals surface area contributed by atoms with E-state index in [4.69, 9.17) is 39.1 Å². The monoisotopic (exact) mass is 1400 g/mol. The maximum Gasteiger partial charge on any atom is 1.00 e. The van der Waals surface area contributed by atoms with Gasteiger partial charge in [0, 0.05) is 56.5 Å². The van der Waals surface area contributed by atoms with E-state index < -0.39 is 34.9 Å². The van der Waals surface area contributed by atoms with Gasteiger partial charge in [0.05, 0.1) is 81.1 Å². The minimum absolute atomic E-state index is 0. The number of hydrogen-bond donors (Lipinski definition) is 6. The number of aromatic carboxylic acids is 2. The number of benzene rings is 4. The number of ketones is 1. The fourth-order valence-electron chi connectivity index (χ4n) is 12.8. The van der Waals surface area contributed by atoms with Gasteiger partial charge in [-0.2, -0.15) is 0 Å². The van der Waals surface area contributed by atoms with Crippen LogP contribution in [0.25, 0.3) is 44.8 Å². The quantitative estimate of drug-likeness (QED) is 0.0421. The van der Waals surface area contributed by atoms with Gasteiger partial charge >= 0.3 is 41.5 Å². The summed E-state index contributed by atoms with van der Waals surface area (Å²) >= 11 is 0. The van der Waals surface area contributed by atoms with E-state index in [1.165, 1.54) is 123 Å². The standard InChI is InChI=1S/C26H23F2N3O3.C19H20FN3.C12H19N3.C7H5FO2.C6H9N3.C6H10O.CN.B.Na/c27-17-12-10-16(11-13-17)15-30-22(26(33)34)14-21-23(25(30)32)31(18-6-2-1-3-7-18)24(29-21)19-8-4-5-9-20(19)28;1-13-11-17-18(12-21-13)23(14-7-3-2-4-8-14)19(22-17)15-9-5-6-10-16(15)20;1-9-7-11(13)12(8-14-9)15-10-5-3-2-4-6-10;8-6-4-2-1-3-5(6)7(9)10;1-4-2-5(7)6(8)3-9-4;7-6-4-2-1-3-5-6;1-2;;/h4-5,8-14,18H,1-3,6-7,15H2,(H,33,34);5-6,9-12,14H,2-4,7-8H2,1H3;7-8,10,15H,2-6H2,1H3,(H2,13,14);1-4H,(H,9,10);2-3H,8H2,1H3,(H2,7,9);1-5H2;;;/q;;;;;;-1;;+1. The van der Waals surface area contributed by atoms with Crippen molar-refractivity contribution in [1.29, 1.82) is 5.26 Å². The first-order chi connectivity index (χ1) is 48.2. The molecule has 102 heavy (non-hydrogen) atoms. The van der Waals surface area contributed by atoms with E-state index in [-0.39, 0.29) is 84.2 Å². The number of carbonyl (C=O) groups is 3. The molecule has 0 saturated heterocycles. The normalized spacial score (nSPS) is 14.4. The number of nitrogens with zero attached hydrogens (tertiary/aromatic N) is 9. The summed E-state index contributed by atoms with van der Waals surface area (Å²) in [5.74, 6) is -2.79. The molecule has 527 valence electrons. The number of nitrogen functional groups attached to an aromatic ring is 3. The van der Waals surface area contributed by atoms with Crippen molar-refractivity contribution in [1.82, 2.24) is 38.6 Å². The zero-order chi connectivity index (χ0) is 71.8. The molecule has 0 aliphatic heterocycles. The van der Waals surface area contributed by atoms with Crippen LogP contribution in [0, 0.1) is 55.9 Å². The SMILES string of the molecule is Cc1cc(N)c(N)cn1.Cc1cc(N)c(NC2CCCCC2)cn1.Cc1cc2nc(-c3ccccc3F)n(C3CCCCC3)c2cn1.O=C(O)c1cc2nc(-c3ccccc3F)n(C3CCCCC3)c2c(=O)n1Cc1ccc(F)cc1.O=C(O)c1ccccc1F.O=C1CCCCC1.[B].[C-]#N.[Na+]. The summed E-state index contributed by atoms with van der Waals surface area (Å²) in [6, 6.07) is 31.9. The van der Waals surface area contributed by atoms with Crippen LogP contribution in [0.4, 0.5) is 40.3 Å². The van der Waals surface area contributed by atoms with Gasteiger partial charge in [-0.05, 0) is 150 Å². The third-order valence-electron chi connectivity index (χ3n) is 17.9. The zero-order valence-electron chi connectivity index (χ0n) is 58.2. The Labute approximate surface area is 615 Å². The summed E-state index contributed by atoms with van der Waals surface area (Å²) < 4.78 is 60.2. The molecule has 10 aromatic rings. The van der Waals surface area contributed by atoms with Crippen molar-refractivity contribution >= 4 is 71.0 Å². The van der Waals surface area contributed by atoms with Gasteiger partial charge in [-0.1, -0.05) is 113 Å². The van der Waals surface area contributed by atoms with Crippen molar-refractivity contribution in [2.45, 2.75) is 174 Å². The smallest absolute Gasteiger partial charge is 0.512 e. The minimum atomic E-state index is -1.28. The van der Waals surface area contributed by atoms with Gasteiger partial charge in [-0.25, -0.2) is 37.1 Å². The number of nitrogens with two attached hydrogens (primary N) is 3. The van der Waals surface area contributed by atoms with Crippen LogP contribution in [-0.4, -0.2) is 81.0 Å². The molecule has 25 heteroatoms. The number of imidazole rings is 2. The van der Waals surface area contributed by atoms with E-state index in [1.807, 2.05) is 62.0 Å². The average Bonchev–Trinajstić information content (AvgIpc) is 1.58. The van der Waals surface area contributed by atoms with E-state index in [1.54, 1.807) is 36.5 Å². The number of aromatic nitrogens is 8. The number of halogens is 4. The number of aryl methyl sites for hydroxylation is 3. The van der Waals surface area contributed by atoms with Crippen molar-refractivity contribution in [2.75, 3.05) is 22.5 Å². The number of pyridine rings is 4. The van der Waals surface area contributed by atoms with Crippen LogP contribution >= 0.6 is 0 Å². The molecular formula is C77H86BF4N13NaO6. The molecule has 4 aliphatic rings. The van der Waals surface area contributed by atoms with Crippen LogP contribution in [0.2, 0.25) is 0 Å². The summed E-state index contributed by atoms with van der Waals surface area (Å²) in [6.07, 6.45) is 27.8. The Bertz CT molecular complexity index is 4490. The Morgan fingerprint density at radius 2 is 1.02 bits per heavy atom. The topological polar surface area (TPSA) is 302 Å². The number of carboxylic acid groups (broad SMARTS) is 2. The molecule has 0 bridgehead atoms. The fourth-order valence-corrected chi connectivity index (χ4v) is 12.8. The van der Waals surface area contributed by atoms with Gasteiger partial charge in [0.1, 0.15) is 51.9 Å². The van der Waals surface area contributed by atoms with Crippen molar-refractivity contribution in [3.05, 3.63) is 214 Å². The van der Waals surface area contributed by atoms with Gasteiger partial charge in [0.2, 0.25) is 0 Å². The molecule has 0 amide bonds. The summed E-state index contributed by atoms with van der Waals surface area (Å²) in [5.41, 5.74) is 25.3. The molecule has 19 nitrogen and oxygen atoms in total. The third kappa shape index (κ3) is 22.2. The van der Waals surface area contributed by atoms with Crippen LogP contribution in [0.5, 0.6) is 0 Å². The largest absolute Gasteiger partial charge is 1.00 e. The van der Waals surface area contributed by atoms with E-state index in [2.05, 4.69) is 29.8 Å². The molecule has 4 fully saturated rings. The van der Waals surface area contributed by atoms with Crippen LogP contribution in [-0.2, 0) is 11.3 Å². The average molecular weight is 1400 g/mol. The molecular weight excluding hydrogens is 1310 g/mol. The van der Waals surface area contributed by atoms with Crippen LogP contribution in [0.15, 0.2) is 145 Å². The van der Waals surface area contributed by atoms with Crippen LogP contribution in [0.1, 0.15) is 184 Å². The van der Waals surface area contributed by atoms with Crippen molar-refractivity contribution in [3.8, 4) is 22.8 Å². The Kier molecular flexibility index (Phi) is 31.9. The number of anilines is 4. The van der Waals surface area contributed by atoms with E-state index in [0.29, 0.717) is 46.2 Å². The maximum absolute atomic E-state index is 14.8. The Balaban J connectivity index is 0.000000208. The molecule has 4 aliphatic carbocycles. The van der Waals surface area contributed by atoms with Gasteiger partial charge in [-0.3, -0.25) is 29.1 Å². The number of rotatable bonds is 10. The number of fused-ring (bicyclic) bond motifs is 2. The molecule has 0 atom stereocenters. The van der Waals surface area contributed by atoms with E-state index >= 15 is 0 Å². The maximum atomic E-state index is 14.8. The molecule has 14 rings (SSSR count). The first-order valence-electron chi connectivity index (χ1n) is 33.9. The first kappa shape index (κ1) is 81.3. The first-order valence-corrected chi connectivity index (χ1v) is 33.9. The van der Waals surface area contributed by atoms with Gasteiger partial charge < -0.3 is 53.7 Å². The Morgan fingerprint density at radius 1 is 0.549 bits per heavy atom. The second-order valence-corrected chi connectivity index (χ2v) is 25.3. The molecule has 6 aromatic heterocycles. The van der Waals surface area contributed by atoms with Gasteiger partial charge in [0.25, 0.3) is 5.56 Å². The van der Waals surface area contributed by atoms with Crippen LogP contribution in [0.3, 0.4) is 0 Å². The molecule has 3 radical (unpaired) electrons. The Morgan fingerprint density at radius 3 is 1.51 bits per heavy atom. The molecule has 9 N–H and O–H groups in total. The minimum Gasteiger partial charge on any atom is -0.512 e. The van der Waals surface area contributed by atoms with Crippen LogP contribution < -0.4 is 57.6 Å². The number of carboxylic acids is 2. The van der Waals surface area contributed by atoms with Gasteiger partial charge in [0.15, 0.2) is 0 Å². The van der Waals surface area contributed by atoms with E-state index in [9.17, 15) is 41.8 Å². The van der Waals surface area contributed by atoms with Crippen molar-refractivity contribution in [3.63, 3.8) is 0 Å². The third-order valence-corrected chi connectivity index (χ3v) is 17.9. The van der Waals surface area contributed by atoms with Gasteiger partial charge in [-0.15, -0.1) is 0 Å².